The second-order valence-electron chi connectivity index (χ2n) is 2.97. The summed E-state index contributed by atoms with van der Waals surface area (Å²) in [5.74, 6) is 0. The molecule has 3 nitrogen and oxygen atoms in total. The number of ether oxygens (including phenoxy) is 1. The highest BCUT2D eigenvalue weighted by atomic mass is 16.5. The minimum atomic E-state index is 0.462. The first-order valence-corrected chi connectivity index (χ1v) is 3.92. The van der Waals surface area contributed by atoms with E-state index in [-0.39, 0.29) is 0 Å². The Morgan fingerprint density at radius 3 is 2.91 bits per heavy atom. The monoisotopic (exact) mass is 152 g/mol. The van der Waals surface area contributed by atoms with Gasteiger partial charge in [-0.15, -0.1) is 0 Å². The summed E-state index contributed by atoms with van der Waals surface area (Å²) in [6, 6.07) is 2.54. The van der Waals surface area contributed by atoms with Crippen LogP contribution in [0.3, 0.4) is 0 Å². The van der Waals surface area contributed by atoms with Crippen LogP contribution in [0.15, 0.2) is 18.5 Å². The van der Waals surface area contributed by atoms with E-state index in [0.717, 1.165) is 12.8 Å². The van der Waals surface area contributed by atoms with E-state index in [0.29, 0.717) is 12.1 Å². The topological polar surface area (TPSA) is 27.1 Å². The maximum atomic E-state index is 5.17. The largest absolute Gasteiger partial charge is 0.381 e. The molecular formula is C8H12N2O. The molecule has 2 rings (SSSR count). The zero-order chi connectivity index (χ0) is 7.68. The molecule has 1 aromatic rings. The predicted molar refractivity (Wildman–Crippen MR) is 41.3 cm³/mol. The van der Waals surface area contributed by atoms with Gasteiger partial charge in [0, 0.05) is 19.5 Å². The highest BCUT2D eigenvalue weighted by Crippen LogP contribution is 2.32. The van der Waals surface area contributed by atoms with Crippen molar-refractivity contribution in [1.29, 1.82) is 0 Å². The van der Waals surface area contributed by atoms with E-state index in [1.54, 1.807) is 7.11 Å². The van der Waals surface area contributed by atoms with E-state index in [4.69, 9.17) is 4.74 Å². The van der Waals surface area contributed by atoms with Crippen LogP contribution in [0.4, 0.5) is 0 Å². The first kappa shape index (κ1) is 6.85. The lowest BCUT2D eigenvalue weighted by Crippen LogP contribution is -2.32. The van der Waals surface area contributed by atoms with Gasteiger partial charge in [-0.1, -0.05) is 0 Å². The van der Waals surface area contributed by atoms with Gasteiger partial charge in [-0.25, -0.2) is 0 Å². The summed E-state index contributed by atoms with van der Waals surface area (Å²) in [6.07, 6.45) is 6.51. The molecule has 0 bridgehead atoms. The van der Waals surface area contributed by atoms with Gasteiger partial charge in [0.1, 0.15) is 0 Å². The summed E-state index contributed by atoms with van der Waals surface area (Å²) >= 11 is 0. The average Bonchev–Trinajstić information content (AvgIpc) is 2.37. The van der Waals surface area contributed by atoms with E-state index in [9.17, 15) is 0 Å². The van der Waals surface area contributed by atoms with Crippen molar-refractivity contribution in [2.45, 2.75) is 25.0 Å². The van der Waals surface area contributed by atoms with E-state index in [2.05, 4.69) is 5.10 Å². The summed E-state index contributed by atoms with van der Waals surface area (Å²) in [6.45, 7) is 0. The SMILES string of the molecule is COC1CC(n2cccn2)C1. The third kappa shape index (κ3) is 1.16. The van der Waals surface area contributed by atoms with E-state index in [1.807, 2.05) is 23.1 Å². The van der Waals surface area contributed by atoms with Gasteiger partial charge in [0.05, 0.1) is 12.1 Å². The lowest BCUT2D eigenvalue weighted by molar-refractivity contribution is 0.00249. The van der Waals surface area contributed by atoms with Gasteiger partial charge in [-0.3, -0.25) is 4.68 Å². The van der Waals surface area contributed by atoms with Crippen molar-refractivity contribution in [2.75, 3.05) is 7.11 Å². The summed E-state index contributed by atoms with van der Waals surface area (Å²) in [4.78, 5) is 0. The van der Waals surface area contributed by atoms with Crippen LogP contribution < -0.4 is 0 Å². The van der Waals surface area contributed by atoms with Crippen molar-refractivity contribution in [2.24, 2.45) is 0 Å². The van der Waals surface area contributed by atoms with Crippen molar-refractivity contribution in [3.05, 3.63) is 18.5 Å². The molecule has 1 fully saturated rings. The molecule has 0 radical (unpaired) electrons. The van der Waals surface area contributed by atoms with E-state index in [1.165, 1.54) is 0 Å². The van der Waals surface area contributed by atoms with Crippen LogP contribution in [0.2, 0.25) is 0 Å². The van der Waals surface area contributed by atoms with Gasteiger partial charge in [-0.05, 0) is 18.9 Å². The molecule has 1 saturated carbocycles. The molecule has 0 unspecified atom stereocenters. The smallest absolute Gasteiger partial charge is 0.0612 e. The number of hydrogen-bond acceptors (Lipinski definition) is 2. The second-order valence-corrected chi connectivity index (χ2v) is 2.97. The van der Waals surface area contributed by atoms with Gasteiger partial charge in [0.2, 0.25) is 0 Å². The van der Waals surface area contributed by atoms with Crippen molar-refractivity contribution in [3.63, 3.8) is 0 Å². The number of rotatable bonds is 2. The number of methoxy groups -OCH3 is 1. The van der Waals surface area contributed by atoms with Crippen LogP contribution in [0, 0.1) is 0 Å². The molecule has 3 heteroatoms. The predicted octanol–water partition coefficient (Wildman–Crippen LogP) is 1.23. The van der Waals surface area contributed by atoms with Crippen LogP contribution in [0.1, 0.15) is 18.9 Å². The fourth-order valence-corrected chi connectivity index (χ4v) is 1.44. The zero-order valence-corrected chi connectivity index (χ0v) is 6.60. The molecule has 1 aliphatic rings. The average molecular weight is 152 g/mol. The van der Waals surface area contributed by atoms with Crippen molar-refractivity contribution in [1.82, 2.24) is 9.78 Å². The van der Waals surface area contributed by atoms with Crippen LogP contribution in [0.25, 0.3) is 0 Å². The summed E-state index contributed by atoms with van der Waals surface area (Å²) in [5, 5.41) is 4.17. The Balaban J connectivity index is 1.92. The normalized spacial score (nSPS) is 29.9. The molecule has 0 aliphatic heterocycles. The Bertz CT molecular complexity index is 214. The number of aromatic nitrogens is 2. The maximum absolute atomic E-state index is 5.17. The van der Waals surface area contributed by atoms with Crippen molar-refractivity contribution >= 4 is 0 Å². The Kier molecular flexibility index (Phi) is 1.66. The minimum Gasteiger partial charge on any atom is -0.381 e. The van der Waals surface area contributed by atoms with Gasteiger partial charge in [0.25, 0.3) is 0 Å². The highest BCUT2D eigenvalue weighted by Gasteiger charge is 2.30. The zero-order valence-electron chi connectivity index (χ0n) is 6.60. The Labute approximate surface area is 66.0 Å². The van der Waals surface area contributed by atoms with Crippen LogP contribution in [-0.2, 0) is 4.74 Å². The van der Waals surface area contributed by atoms with E-state index >= 15 is 0 Å². The molecule has 1 heterocycles. The second kappa shape index (κ2) is 2.66. The first-order valence-electron chi connectivity index (χ1n) is 3.92. The molecule has 1 aromatic heterocycles. The highest BCUT2D eigenvalue weighted by molar-refractivity contribution is 4.89. The molecule has 0 atom stereocenters. The Morgan fingerprint density at radius 2 is 2.36 bits per heavy atom. The van der Waals surface area contributed by atoms with Gasteiger partial charge < -0.3 is 4.74 Å². The molecule has 0 amide bonds. The third-order valence-electron chi connectivity index (χ3n) is 2.30. The number of nitrogens with zero attached hydrogens (tertiary/aromatic N) is 2. The molecule has 11 heavy (non-hydrogen) atoms. The van der Waals surface area contributed by atoms with Crippen molar-refractivity contribution in [3.8, 4) is 0 Å². The lowest BCUT2D eigenvalue weighted by Gasteiger charge is -2.33. The Morgan fingerprint density at radius 1 is 1.55 bits per heavy atom. The van der Waals surface area contributed by atoms with Gasteiger partial charge >= 0.3 is 0 Å². The quantitative estimate of drug-likeness (QED) is 0.637. The molecule has 60 valence electrons. The molecule has 0 spiro atoms. The summed E-state index contributed by atoms with van der Waals surface area (Å²) in [7, 11) is 1.77. The molecule has 0 saturated heterocycles. The van der Waals surface area contributed by atoms with Crippen LogP contribution >= 0.6 is 0 Å². The fourth-order valence-electron chi connectivity index (χ4n) is 1.44. The first-order chi connectivity index (χ1) is 5.40. The molecule has 1 aliphatic carbocycles. The van der Waals surface area contributed by atoms with Gasteiger partial charge in [-0.2, -0.15) is 5.10 Å². The van der Waals surface area contributed by atoms with E-state index < -0.39 is 0 Å². The fraction of sp³-hybridized carbons (Fsp3) is 0.625. The molecule has 0 N–H and O–H groups in total. The molecular weight excluding hydrogens is 140 g/mol. The maximum Gasteiger partial charge on any atom is 0.0612 e. The Hall–Kier alpha value is -0.830. The van der Waals surface area contributed by atoms with Crippen molar-refractivity contribution < 1.29 is 4.74 Å². The van der Waals surface area contributed by atoms with Crippen LogP contribution in [-0.4, -0.2) is 23.0 Å². The number of hydrogen-bond donors (Lipinski definition) is 0. The summed E-state index contributed by atoms with van der Waals surface area (Å²) in [5.41, 5.74) is 0. The third-order valence-corrected chi connectivity index (χ3v) is 2.30. The standard InChI is InChI=1S/C8H12N2O/c1-11-8-5-7(6-8)10-4-2-3-9-10/h2-4,7-8H,5-6H2,1H3. The lowest BCUT2D eigenvalue weighted by atomic mass is 9.89. The van der Waals surface area contributed by atoms with Gasteiger partial charge in [0.15, 0.2) is 0 Å². The van der Waals surface area contributed by atoms with Crippen LogP contribution in [0.5, 0.6) is 0 Å². The summed E-state index contributed by atoms with van der Waals surface area (Å²) < 4.78 is 7.18. The minimum absolute atomic E-state index is 0.462. The molecule has 0 aromatic carbocycles.